The van der Waals surface area contributed by atoms with Gasteiger partial charge in [-0.2, -0.15) is 0 Å². The summed E-state index contributed by atoms with van der Waals surface area (Å²) < 4.78 is 17.6. The highest BCUT2D eigenvalue weighted by atomic mass is 16.7. The summed E-state index contributed by atoms with van der Waals surface area (Å²) in [6, 6.07) is -1.02. The van der Waals surface area contributed by atoms with Gasteiger partial charge < -0.3 is 45.1 Å². The van der Waals surface area contributed by atoms with E-state index in [0.29, 0.717) is 12.8 Å². The van der Waals surface area contributed by atoms with E-state index < -0.39 is 67.4 Å². The smallest absolute Gasteiger partial charge is 0.306 e. The molecule has 6 N–H and O–H groups in total. The van der Waals surface area contributed by atoms with Gasteiger partial charge in [-0.1, -0.05) is 268 Å². The van der Waals surface area contributed by atoms with E-state index in [1.54, 1.807) is 6.08 Å². The Morgan fingerprint density at radius 2 is 0.908 bits per heavy atom. The van der Waals surface area contributed by atoms with E-state index >= 15 is 0 Å². The number of rotatable bonds is 54. The maximum absolute atomic E-state index is 13.4. The molecule has 0 aliphatic carbocycles. The molecule has 1 aliphatic heterocycles. The summed E-state index contributed by atoms with van der Waals surface area (Å²) in [5.74, 6) is -1.19. The van der Waals surface area contributed by atoms with Crippen LogP contribution in [0.25, 0.3) is 0 Å². The molecular formula is C65H119NO10. The van der Waals surface area contributed by atoms with Crippen LogP contribution in [0.2, 0.25) is 0 Å². The van der Waals surface area contributed by atoms with Gasteiger partial charge in [-0.25, -0.2) is 0 Å². The molecule has 11 heteroatoms. The average molecular weight is 1070 g/mol. The lowest BCUT2D eigenvalue weighted by molar-refractivity contribution is -0.305. The van der Waals surface area contributed by atoms with Crippen LogP contribution in [0.15, 0.2) is 48.6 Å². The third-order valence-corrected chi connectivity index (χ3v) is 15.0. The molecule has 1 amide bonds. The monoisotopic (exact) mass is 1070 g/mol. The molecule has 1 saturated heterocycles. The Labute approximate surface area is 466 Å². The molecule has 0 radical (unpaired) electrons. The van der Waals surface area contributed by atoms with E-state index in [4.69, 9.17) is 14.2 Å². The van der Waals surface area contributed by atoms with E-state index in [0.717, 1.165) is 77.0 Å². The zero-order valence-electron chi connectivity index (χ0n) is 49.1. The van der Waals surface area contributed by atoms with Gasteiger partial charge in [0.2, 0.25) is 5.91 Å². The quantitative estimate of drug-likeness (QED) is 0.0195. The van der Waals surface area contributed by atoms with Crippen molar-refractivity contribution in [3.8, 4) is 0 Å². The molecule has 8 atom stereocenters. The van der Waals surface area contributed by atoms with Gasteiger partial charge in [0.05, 0.1) is 25.4 Å². The van der Waals surface area contributed by atoms with Crippen LogP contribution < -0.4 is 5.32 Å². The Hall–Kier alpha value is -2.38. The van der Waals surface area contributed by atoms with Crippen molar-refractivity contribution < 1.29 is 49.3 Å². The maximum Gasteiger partial charge on any atom is 0.306 e. The van der Waals surface area contributed by atoms with E-state index in [1.165, 1.54) is 167 Å². The molecule has 0 aromatic carbocycles. The van der Waals surface area contributed by atoms with Crippen molar-refractivity contribution in [2.75, 3.05) is 13.2 Å². The molecule has 11 nitrogen and oxygen atoms in total. The van der Waals surface area contributed by atoms with Crippen LogP contribution in [-0.2, 0) is 23.8 Å². The van der Waals surface area contributed by atoms with Crippen LogP contribution in [0.5, 0.6) is 0 Å². The number of hydrogen-bond acceptors (Lipinski definition) is 10. The van der Waals surface area contributed by atoms with Gasteiger partial charge in [0.1, 0.15) is 24.4 Å². The molecule has 76 heavy (non-hydrogen) atoms. The minimum atomic E-state index is -1.61. The van der Waals surface area contributed by atoms with Gasteiger partial charge in [-0.3, -0.25) is 9.59 Å². The summed E-state index contributed by atoms with van der Waals surface area (Å²) in [6.45, 7) is 5.76. The lowest BCUT2D eigenvalue weighted by Crippen LogP contribution is -2.61. The highest BCUT2D eigenvalue weighted by Gasteiger charge is 2.47. The molecule has 1 aliphatic rings. The first kappa shape index (κ1) is 71.6. The summed E-state index contributed by atoms with van der Waals surface area (Å²) in [5, 5.41) is 56.9. The molecule has 1 fully saturated rings. The van der Waals surface area contributed by atoms with Crippen molar-refractivity contribution in [1.82, 2.24) is 5.32 Å². The van der Waals surface area contributed by atoms with Crippen molar-refractivity contribution >= 4 is 11.9 Å². The normalized spacial score (nSPS) is 19.4. The number of unbranched alkanes of at least 4 members (excludes halogenated alkanes) is 34. The Kier molecular flexibility index (Phi) is 50.2. The first-order valence-electron chi connectivity index (χ1n) is 31.9. The minimum Gasteiger partial charge on any atom is -0.454 e. The van der Waals surface area contributed by atoms with E-state index in [2.05, 4.69) is 62.5 Å². The van der Waals surface area contributed by atoms with Gasteiger partial charge in [0, 0.05) is 6.42 Å². The fourth-order valence-electron chi connectivity index (χ4n) is 9.89. The number of carbonyl (C=O) groups is 2. The van der Waals surface area contributed by atoms with E-state index in [-0.39, 0.29) is 19.4 Å². The van der Waals surface area contributed by atoms with Crippen LogP contribution in [0.3, 0.4) is 0 Å². The van der Waals surface area contributed by atoms with Crippen molar-refractivity contribution in [3.05, 3.63) is 48.6 Å². The Morgan fingerprint density at radius 1 is 0.513 bits per heavy atom. The van der Waals surface area contributed by atoms with Crippen molar-refractivity contribution in [2.24, 2.45) is 0 Å². The number of esters is 1. The zero-order valence-corrected chi connectivity index (χ0v) is 49.1. The van der Waals surface area contributed by atoms with Crippen LogP contribution in [0.4, 0.5) is 0 Å². The van der Waals surface area contributed by atoms with Crippen LogP contribution >= 0.6 is 0 Å². The van der Waals surface area contributed by atoms with E-state index in [1.807, 2.05) is 6.08 Å². The molecule has 1 rings (SSSR count). The molecular weight excluding hydrogens is 955 g/mol. The lowest BCUT2D eigenvalue weighted by atomic mass is 9.99. The first-order chi connectivity index (χ1) is 37.2. The summed E-state index contributed by atoms with van der Waals surface area (Å²) in [6.07, 6.45) is 54.4. The Balaban J connectivity index is 2.60. The molecule has 0 saturated carbocycles. The van der Waals surface area contributed by atoms with Gasteiger partial charge in [0.15, 0.2) is 12.4 Å². The number of allylic oxidation sites excluding steroid dienone is 7. The number of ether oxygens (including phenoxy) is 3. The van der Waals surface area contributed by atoms with Crippen molar-refractivity contribution in [1.29, 1.82) is 0 Å². The fraction of sp³-hybridized carbons (Fsp3) is 0.846. The van der Waals surface area contributed by atoms with E-state index in [9.17, 15) is 35.1 Å². The summed E-state index contributed by atoms with van der Waals surface area (Å²) in [5.41, 5.74) is 0. The molecule has 0 spiro atoms. The molecule has 1 heterocycles. The molecule has 444 valence electrons. The predicted octanol–water partition coefficient (Wildman–Crippen LogP) is 15.2. The summed E-state index contributed by atoms with van der Waals surface area (Å²) >= 11 is 0. The van der Waals surface area contributed by atoms with Gasteiger partial charge in [-0.05, 0) is 64.2 Å². The predicted molar refractivity (Wildman–Crippen MR) is 315 cm³/mol. The average Bonchev–Trinajstić information content (AvgIpc) is 3.42. The third kappa shape index (κ3) is 40.8. The SMILES string of the molecule is CCCCC/C=C\C/C=C\C/C=C\CCCCCCCCCCCCCC(O)C(=O)NC(COC1OC(CO)C(O)C(O)C1OC(=O)CCCCCCCCCCCCC)C(O)/C=C/CCCCCCCCCCCC. The Morgan fingerprint density at radius 3 is 1.38 bits per heavy atom. The topological polar surface area (TPSA) is 175 Å². The number of aliphatic hydroxyl groups is 5. The Bertz CT molecular complexity index is 1420. The molecule has 8 unspecified atom stereocenters. The molecule has 0 bridgehead atoms. The third-order valence-electron chi connectivity index (χ3n) is 15.0. The fourth-order valence-corrected chi connectivity index (χ4v) is 9.89. The highest BCUT2D eigenvalue weighted by Crippen LogP contribution is 2.26. The second-order valence-electron chi connectivity index (χ2n) is 22.1. The van der Waals surface area contributed by atoms with Crippen molar-refractivity contribution in [2.45, 2.75) is 339 Å². The highest BCUT2D eigenvalue weighted by molar-refractivity contribution is 5.80. The van der Waals surface area contributed by atoms with Crippen LogP contribution in [-0.4, -0.2) is 99.6 Å². The van der Waals surface area contributed by atoms with Gasteiger partial charge in [-0.15, -0.1) is 0 Å². The van der Waals surface area contributed by atoms with Crippen molar-refractivity contribution in [3.63, 3.8) is 0 Å². The largest absolute Gasteiger partial charge is 0.454 e. The number of nitrogens with one attached hydrogen (secondary N) is 1. The number of carbonyl (C=O) groups excluding carboxylic acids is 2. The molecule has 0 aromatic rings. The zero-order chi connectivity index (χ0) is 55.4. The standard InChI is InChI=1S/C65H119NO10/c1-4-7-10-13-16-19-22-24-25-26-27-28-29-30-31-32-33-34-35-38-40-43-46-49-52-58(69)64(73)66-56(57(68)51-48-45-42-39-37-23-20-17-14-11-8-5-2)55-74-65-63(62(72)61(71)59(54-67)75-65)76-60(70)53-50-47-44-41-36-21-18-15-12-9-6-3/h16,19,24-25,27-28,48,51,56-59,61-63,65,67-69,71-72H,4-15,17-18,20-23,26,29-47,49-50,52-55H2,1-3H3,(H,66,73)/b19-16-,25-24-,28-27-,51-48+. The second-order valence-corrected chi connectivity index (χ2v) is 22.1. The molecule has 0 aromatic heterocycles. The second kappa shape index (κ2) is 53.3. The summed E-state index contributed by atoms with van der Waals surface area (Å²) in [7, 11) is 0. The number of amides is 1. The van der Waals surface area contributed by atoms with Gasteiger partial charge in [0.25, 0.3) is 0 Å². The minimum absolute atomic E-state index is 0.126. The number of hydrogen-bond donors (Lipinski definition) is 6. The summed E-state index contributed by atoms with van der Waals surface area (Å²) in [4.78, 5) is 26.5. The maximum atomic E-state index is 13.4. The number of aliphatic hydroxyl groups excluding tert-OH is 5. The van der Waals surface area contributed by atoms with Gasteiger partial charge >= 0.3 is 5.97 Å². The first-order valence-corrected chi connectivity index (χ1v) is 31.9. The lowest BCUT2D eigenvalue weighted by Gasteiger charge is -2.41. The van der Waals surface area contributed by atoms with Crippen LogP contribution in [0.1, 0.15) is 290 Å². The van der Waals surface area contributed by atoms with Crippen LogP contribution in [0, 0.1) is 0 Å².